The number of rotatable bonds is 8. The Morgan fingerprint density at radius 2 is 1.28 bits per heavy atom. The van der Waals surface area contributed by atoms with Gasteiger partial charge in [-0.2, -0.15) is 0 Å². The largest absolute Gasteiger partial charge is 0.393 e. The van der Waals surface area contributed by atoms with Crippen molar-refractivity contribution in [3.05, 3.63) is 80.9 Å². The van der Waals surface area contributed by atoms with Crippen LogP contribution < -0.4 is 10.6 Å². The maximum atomic E-state index is 13.7. The predicted molar refractivity (Wildman–Crippen MR) is 212 cm³/mol. The average Bonchev–Trinajstić information content (AvgIpc) is 3.69. The van der Waals surface area contributed by atoms with Crippen LogP contribution in [0.5, 0.6) is 0 Å². The molecule has 0 atom stereocenters. The second-order valence-electron chi connectivity index (χ2n) is 15.7. The molecular weight excluding hydrogens is 723 g/mol. The molecule has 4 aliphatic rings. The average molecular weight is 774 g/mol. The van der Waals surface area contributed by atoms with E-state index in [0.29, 0.717) is 56.8 Å². The number of halogens is 2. The van der Waals surface area contributed by atoms with Gasteiger partial charge in [0.2, 0.25) is 0 Å². The lowest BCUT2D eigenvalue weighted by Gasteiger charge is -2.37. The zero-order valence-corrected chi connectivity index (χ0v) is 32.7. The number of hydrogen-bond acceptors (Lipinski definition) is 7. The molecule has 286 valence electrons. The van der Waals surface area contributed by atoms with Crippen molar-refractivity contribution in [3.8, 4) is 11.1 Å². The molecule has 2 aromatic carbocycles. The van der Waals surface area contributed by atoms with Gasteiger partial charge in [0.25, 0.3) is 11.8 Å². The summed E-state index contributed by atoms with van der Waals surface area (Å²) in [5, 5.41) is 16.6. The Bertz CT molecular complexity index is 2050. The van der Waals surface area contributed by atoms with Gasteiger partial charge in [-0.05, 0) is 56.6 Å². The smallest absolute Gasteiger partial charge is 0.291 e. The molecule has 0 radical (unpaired) electrons. The Kier molecular flexibility index (Phi) is 10.9. The van der Waals surface area contributed by atoms with Crippen LogP contribution in [0.3, 0.4) is 0 Å². The van der Waals surface area contributed by atoms with Crippen molar-refractivity contribution in [2.24, 2.45) is 20.0 Å². The van der Waals surface area contributed by atoms with Gasteiger partial charge in [0.05, 0.1) is 38.9 Å². The second kappa shape index (κ2) is 15.8. The van der Waals surface area contributed by atoms with Crippen LogP contribution in [-0.2, 0) is 40.0 Å². The molecule has 2 aliphatic heterocycles. The SMILES string of the molecule is Cn1c(C(=O)Nc2cccc(-c3cccc(NC(=O)c4nc5c(n4C)CCN(C4CCC(O)CC4)C5)c3Cl)c2Cl)nc2c1CCN(CC1CCCCC1)C2. The van der Waals surface area contributed by atoms with Gasteiger partial charge >= 0.3 is 0 Å². The van der Waals surface area contributed by atoms with Crippen molar-refractivity contribution in [3.63, 3.8) is 0 Å². The Morgan fingerprint density at radius 3 is 1.85 bits per heavy atom. The number of amides is 2. The minimum atomic E-state index is -0.347. The summed E-state index contributed by atoms with van der Waals surface area (Å²) in [6, 6.07) is 11.3. The fourth-order valence-electron chi connectivity index (χ4n) is 9.19. The van der Waals surface area contributed by atoms with Crippen molar-refractivity contribution in [2.45, 2.75) is 95.9 Å². The highest BCUT2D eigenvalue weighted by Gasteiger charge is 2.32. The molecule has 0 saturated heterocycles. The molecule has 11 nitrogen and oxygen atoms in total. The zero-order valence-electron chi connectivity index (χ0n) is 31.2. The number of hydrogen-bond donors (Lipinski definition) is 3. The van der Waals surface area contributed by atoms with Gasteiger partial charge in [0.1, 0.15) is 0 Å². The second-order valence-corrected chi connectivity index (χ2v) is 16.4. The summed E-state index contributed by atoms with van der Waals surface area (Å²) in [4.78, 5) is 41.9. The summed E-state index contributed by atoms with van der Waals surface area (Å²) in [7, 11) is 3.80. The van der Waals surface area contributed by atoms with Gasteiger partial charge in [-0.15, -0.1) is 0 Å². The molecule has 2 fully saturated rings. The molecular formula is C41H50Cl2N8O3. The summed E-state index contributed by atoms with van der Waals surface area (Å²) >= 11 is 14.0. The molecule has 13 heteroatoms. The van der Waals surface area contributed by atoms with Crippen LogP contribution in [0.4, 0.5) is 11.4 Å². The molecule has 4 aromatic rings. The maximum absolute atomic E-state index is 13.7. The van der Waals surface area contributed by atoms with Gasteiger partial charge in [-0.1, -0.05) is 66.7 Å². The number of nitrogens with one attached hydrogen (secondary N) is 2. The third-order valence-electron chi connectivity index (χ3n) is 12.2. The van der Waals surface area contributed by atoms with Gasteiger partial charge in [-0.25, -0.2) is 9.97 Å². The minimum absolute atomic E-state index is 0.192. The van der Waals surface area contributed by atoms with Crippen molar-refractivity contribution < 1.29 is 14.7 Å². The van der Waals surface area contributed by atoms with Crippen molar-refractivity contribution in [1.29, 1.82) is 0 Å². The van der Waals surface area contributed by atoms with Gasteiger partial charge < -0.3 is 24.9 Å². The summed E-state index contributed by atoms with van der Waals surface area (Å²) in [5.74, 6) is 0.781. The third-order valence-corrected chi connectivity index (χ3v) is 13.0. The molecule has 2 amide bonds. The van der Waals surface area contributed by atoms with Crippen molar-refractivity contribution >= 4 is 46.4 Å². The Labute approximate surface area is 327 Å². The standard InChI is InChI=1S/C41H50Cl2N8O3/c1-48-34-18-20-50(22-25-8-4-3-5-9-25)23-32(34)44-38(48)40(53)46-30-12-6-10-28(36(30)42)29-11-7-13-31(37(29)43)47-41(54)39-45-33-24-51(21-19-35(33)49(39)2)26-14-16-27(52)17-15-26/h6-7,10-13,25-27,52H,3-5,8-9,14-24H2,1-2H3,(H,46,53)(H,47,54). The summed E-state index contributed by atoms with van der Waals surface area (Å²) < 4.78 is 3.80. The monoisotopic (exact) mass is 772 g/mol. The van der Waals surface area contributed by atoms with E-state index in [-0.39, 0.29) is 17.9 Å². The fraction of sp³-hybridized carbons (Fsp3) is 0.512. The molecule has 4 heterocycles. The number of benzene rings is 2. The van der Waals surface area contributed by atoms with Crippen LogP contribution in [0.25, 0.3) is 11.1 Å². The normalized spacial score (nSPS) is 21.1. The minimum Gasteiger partial charge on any atom is -0.393 e. The van der Waals surface area contributed by atoms with Crippen LogP contribution in [0.1, 0.15) is 102 Å². The number of aromatic nitrogens is 4. The first-order valence-corrected chi connectivity index (χ1v) is 20.3. The predicted octanol–water partition coefficient (Wildman–Crippen LogP) is 7.23. The third kappa shape index (κ3) is 7.45. The Balaban J connectivity index is 0.954. The number of carbonyl (C=O) groups excluding carboxylic acids is 2. The number of imidazole rings is 2. The van der Waals surface area contributed by atoms with Gasteiger partial charge in [0, 0.05) is 88.2 Å². The molecule has 2 aromatic heterocycles. The Hall–Kier alpha value is -3.74. The van der Waals surface area contributed by atoms with Gasteiger partial charge in [0.15, 0.2) is 11.6 Å². The molecule has 8 rings (SSSR count). The lowest BCUT2D eigenvalue weighted by molar-refractivity contribution is 0.0668. The molecule has 2 saturated carbocycles. The van der Waals surface area contributed by atoms with Crippen molar-refractivity contribution in [1.82, 2.24) is 28.9 Å². The molecule has 0 unspecified atom stereocenters. The molecule has 0 spiro atoms. The quantitative estimate of drug-likeness (QED) is 0.173. The molecule has 54 heavy (non-hydrogen) atoms. The van der Waals surface area contributed by atoms with E-state index in [9.17, 15) is 14.7 Å². The molecule has 0 bridgehead atoms. The number of fused-ring (bicyclic) bond motifs is 2. The first kappa shape index (κ1) is 37.2. The maximum Gasteiger partial charge on any atom is 0.291 e. The van der Waals surface area contributed by atoms with Crippen LogP contribution in [0.15, 0.2) is 36.4 Å². The Morgan fingerprint density at radius 1 is 0.741 bits per heavy atom. The van der Waals surface area contributed by atoms with Crippen LogP contribution in [-0.4, -0.2) is 77.6 Å². The lowest BCUT2D eigenvalue weighted by Crippen LogP contribution is -2.42. The number of aliphatic hydroxyl groups excluding tert-OH is 1. The first-order valence-electron chi connectivity index (χ1n) is 19.6. The number of aliphatic hydroxyl groups is 1. The lowest BCUT2D eigenvalue weighted by atomic mass is 9.88. The van der Waals surface area contributed by atoms with E-state index in [1.807, 2.05) is 47.5 Å². The zero-order chi connectivity index (χ0) is 37.5. The highest BCUT2D eigenvalue weighted by Crippen LogP contribution is 2.40. The summed E-state index contributed by atoms with van der Waals surface area (Å²) in [6.45, 7) is 4.45. The van der Waals surface area contributed by atoms with Crippen LogP contribution >= 0.6 is 23.2 Å². The first-order chi connectivity index (χ1) is 26.1. The number of anilines is 2. The number of carbonyl (C=O) groups is 2. The van der Waals surface area contributed by atoms with E-state index in [4.69, 9.17) is 33.2 Å². The summed E-state index contributed by atoms with van der Waals surface area (Å²) in [6.07, 6.45) is 11.8. The summed E-state index contributed by atoms with van der Waals surface area (Å²) in [5.41, 5.74) is 6.20. The van der Waals surface area contributed by atoms with Gasteiger partial charge in [-0.3, -0.25) is 19.4 Å². The van der Waals surface area contributed by atoms with E-state index < -0.39 is 0 Å². The molecule has 3 N–H and O–H groups in total. The number of nitrogens with zero attached hydrogens (tertiary/aromatic N) is 6. The van der Waals surface area contributed by atoms with E-state index in [1.54, 1.807) is 12.1 Å². The van der Waals surface area contributed by atoms with E-state index in [2.05, 4.69) is 20.4 Å². The van der Waals surface area contributed by atoms with Crippen LogP contribution in [0, 0.1) is 5.92 Å². The van der Waals surface area contributed by atoms with E-state index >= 15 is 0 Å². The topological polar surface area (TPSA) is 121 Å². The fourth-order valence-corrected chi connectivity index (χ4v) is 9.74. The highest BCUT2D eigenvalue weighted by molar-refractivity contribution is 6.40. The highest BCUT2D eigenvalue weighted by atomic mass is 35.5. The van der Waals surface area contributed by atoms with E-state index in [1.165, 1.54) is 32.1 Å². The molecule has 2 aliphatic carbocycles. The van der Waals surface area contributed by atoms with Crippen LogP contribution in [0.2, 0.25) is 10.0 Å². The van der Waals surface area contributed by atoms with E-state index in [0.717, 1.165) is 93.4 Å². The van der Waals surface area contributed by atoms with Crippen molar-refractivity contribution in [2.75, 3.05) is 30.3 Å².